The van der Waals surface area contributed by atoms with E-state index < -0.39 is 5.54 Å². The number of likely N-dealkylation sites (N-methyl/N-ethyl adjacent to an activating group) is 1. The number of pyridine rings is 1. The van der Waals surface area contributed by atoms with E-state index >= 15 is 0 Å². The van der Waals surface area contributed by atoms with Crippen LogP contribution in [0.15, 0.2) is 35.3 Å². The van der Waals surface area contributed by atoms with E-state index in [1.165, 1.54) is 16.5 Å². The van der Waals surface area contributed by atoms with E-state index in [4.69, 9.17) is 0 Å². The minimum Gasteiger partial charge on any atom is -0.354 e. The molecule has 0 bridgehead atoms. The summed E-state index contributed by atoms with van der Waals surface area (Å²) in [6.07, 6.45) is 3.88. The lowest BCUT2D eigenvalue weighted by Crippen LogP contribution is -2.54. The van der Waals surface area contributed by atoms with Gasteiger partial charge >= 0.3 is 0 Å². The highest BCUT2D eigenvalue weighted by Crippen LogP contribution is 2.38. The van der Waals surface area contributed by atoms with Gasteiger partial charge in [-0.25, -0.2) is 0 Å². The number of hydrogen-bond donors (Lipinski definition) is 2. The van der Waals surface area contributed by atoms with Crippen molar-refractivity contribution in [3.8, 4) is 11.3 Å². The van der Waals surface area contributed by atoms with Crippen LogP contribution in [-0.2, 0) is 11.8 Å². The topological polar surface area (TPSA) is 70.1 Å². The fraction of sp³-hybridized carbons (Fsp3) is 0.500. The molecule has 0 aliphatic carbocycles. The van der Waals surface area contributed by atoms with Crippen molar-refractivity contribution in [3.05, 3.63) is 57.5 Å². The predicted octanol–water partition coefficient (Wildman–Crippen LogP) is 4.67. The van der Waals surface area contributed by atoms with Crippen molar-refractivity contribution in [2.45, 2.75) is 64.8 Å². The van der Waals surface area contributed by atoms with E-state index in [-0.39, 0.29) is 11.5 Å². The van der Waals surface area contributed by atoms with Gasteiger partial charge in [0.25, 0.3) is 5.56 Å². The lowest BCUT2D eigenvalue weighted by molar-refractivity contribution is -0.138. The molecule has 0 radical (unpaired) electrons. The SMILES string of the molecule is CNC(C)(C)C(=O)N1CCC(c2ccc3[nH]c(-c4cc(C)c(=O)n(C)c4)c(C(C)C)c3c2)CC1. The number of aromatic nitrogens is 2. The minimum absolute atomic E-state index is 0.0381. The molecule has 6 nitrogen and oxygen atoms in total. The summed E-state index contributed by atoms with van der Waals surface area (Å²) in [6.45, 7) is 11.8. The van der Waals surface area contributed by atoms with Crippen molar-refractivity contribution in [3.63, 3.8) is 0 Å². The van der Waals surface area contributed by atoms with E-state index in [2.05, 4.69) is 42.3 Å². The first-order valence-corrected chi connectivity index (χ1v) is 12.3. The summed E-state index contributed by atoms with van der Waals surface area (Å²) in [6, 6.07) is 8.76. The molecule has 0 atom stereocenters. The summed E-state index contributed by atoms with van der Waals surface area (Å²) >= 11 is 0. The number of H-pyrrole nitrogens is 1. The van der Waals surface area contributed by atoms with Crippen LogP contribution in [0.5, 0.6) is 0 Å². The predicted molar refractivity (Wildman–Crippen MR) is 139 cm³/mol. The van der Waals surface area contributed by atoms with Gasteiger partial charge in [0.05, 0.1) is 11.2 Å². The fourth-order valence-electron chi connectivity index (χ4n) is 5.24. The van der Waals surface area contributed by atoms with Gasteiger partial charge in [0.1, 0.15) is 0 Å². The van der Waals surface area contributed by atoms with Crippen LogP contribution in [-0.4, -0.2) is 46.0 Å². The maximum absolute atomic E-state index is 12.8. The van der Waals surface area contributed by atoms with Crippen LogP contribution >= 0.6 is 0 Å². The number of benzene rings is 1. The Morgan fingerprint density at radius 1 is 1.18 bits per heavy atom. The first-order valence-electron chi connectivity index (χ1n) is 12.3. The standard InChI is InChI=1S/C28H38N4O2/c1-17(2)24-22-15-20(19-10-12-32(13-11-19)27(34)28(4,5)29-6)8-9-23(22)30-25(24)21-14-18(3)26(33)31(7)16-21/h8-9,14-17,19,29-30H,10-13H2,1-7H3. The third-order valence-electron chi connectivity index (χ3n) is 7.50. The van der Waals surface area contributed by atoms with Crippen molar-refractivity contribution < 1.29 is 4.79 Å². The Morgan fingerprint density at radius 2 is 1.85 bits per heavy atom. The van der Waals surface area contributed by atoms with Gasteiger partial charge in [0.2, 0.25) is 5.91 Å². The second-order valence-corrected chi connectivity index (χ2v) is 10.6. The number of fused-ring (bicyclic) bond motifs is 1. The average molecular weight is 463 g/mol. The molecule has 2 N–H and O–H groups in total. The Balaban J connectivity index is 1.66. The number of hydrogen-bond acceptors (Lipinski definition) is 3. The summed E-state index contributed by atoms with van der Waals surface area (Å²) in [5, 5.41) is 4.38. The Morgan fingerprint density at radius 3 is 2.44 bits per heavy atom. The van der Waals surface area contributed by atoms with Crippen molar-refractivity contribution in [1.29, 1.82) is 0 Å². The molecule has 0 spiro atoms. The first-order chi connectivity index (χ1) is 16.0. The molecule has 34 heavy (non-hydrogen) atoms. The third-order valence-corrected chi connectivity index (χ3v) is 7.50. The molecule has 3 aromatic rings. The van der Waals surface area contributed by atoms with Crippen LogP contribution in [0.1, 0.15) is 69.1 Å². The van der Waals surface area contributed by atoms with Gasteiger partial charge in [-0.15, -0.1) is 0 Å². The molecule has 1 fully saturated rings. The van der Waals surface area contributed by atoms with E-state index in [1.807, 2.05) is 52.0 Å². The monoisotopic (exact) mass is 462 g/mol. The van der Waals surface area contributed by atoms with Crippen molar-refractivity contribution in [2.24, 2.45) is 7.05 Å². The molecule has 6 heteroatoms. The van der Waals surface area contributed by atoms with Crippen LogP contribution in [0.3, 0.4) is 0 Å². The van der Waals surface area contributed by atoms with E-state index in [0.29, 0.717) is 11.8 Å². The summed E-state index contributed by atoms with van der Waals surface area (Å²) in [7, 11) is 3.65. The molecule has 1 aliphatic rings. The molecule has 2 aromatic heterocycles. The van der Waals surface area contributed by atoms with E-state index in [9.17, 15) is 9.59 Å². The molecule has 1 amide bonds. The molecule has 0 saturated carbocycles. The second kappa shape index (κ2) is 9.06. The van der Waals surface area contributed by atoms with Gasteiger partial charge in [-0.2, -0.15) is 0 Å². The molecule has 4 rings (SSSR count). The number of carbonyl (C=O) groups is 1. The number of likely N-dealkylation sites (tertiary alicyclic amines) is 1. The average Bonchev–Trinajstić information content (AvgIpc) is 3.21. The van der Waals surface area contributed by atoms with Gasteiger partial charge in [-0.1, -0.05) is 19.9 Å². The smallest absolute Gasteiger partial charge is 0.253 e. The van der Waals surface area contributed by atoms with Crippen molar-refractivity contribution in [2.75, 3.05) is 20.1 Å². The van der Waals surface area contributed by atoms with Crippen molar-refractivity contribution in [1.82, 2.24) is 19.8 Å². The molecule has 0 unspecified atom stereocenters. The van der Waals surface area contributed by atoms with Crippen LogP contribution in [0.25, 0.3) is 22.2 Å². The summed E-state index contributed by atoms with van der Waals surface area (Å²) < 4.78 is 1.66. The summed E-state index contributed by atoms with van der Waals surface area (Å²) in [4.78, 5) is 30.7. The van der Waals surface area contributed by atoms with Crippen molar-refractivity contribution >= 4 is 16.8 Å². The number of aromatic amines is 1. The summed E-state index contributed by atoms with van der Waals surface area (Å²) in [5.74, 6) is 0.956. The fourth-order valence-corrected chi connectivity index (χ4v) is 5.24. The highest BCUT2D eigenvalue weighted by molar-refractivity contribution is 5.92. The van der Waals surface area contributed by atoms with Crippen LogP contribution in [0.2, 0.25) is 0 Å². The van der Waals surface area contributed by atoms with Crippen LogP contribution in [0.4, 0.5) is 0 Å². The maximum atomic E-state index is 12.8. The van der Waals surface area contributed by atoms with Gasteiger partial charge in [0, 0.05) is 48.4 Å². The zero-order chi connectivity index (χ0) is 24.8. The van der Waals surface area contributed by atoms with Gasteiger partial charge in [-0.3, -0.25) is 9.59 Å². The molecule has 1 saturated heterocycles. The van der Waals surface area contributed by atoms with Crippen LogP contribution in [0, 0.1) is 6.92 Å². The van der Waals surface area contributed by atoms with Crippen LogP contribution < -0.4 is 10.9 Å². The third kappa shape index (κ3) is 4.31. The largest absolute Gasteiger partial charge is 0.354 e. The lowest BCUT2D eigenvalue weighted by Gasteiger charge is -2.37. The minimum atomic E-state index is -0.529. The first kappa shape index (κ1) is 24.3. The zero-order valence-electron chi connectivity index (χ0n) is 21.6. The van der Waals surface area contributed by atoms with E-state index in [0.717, 1.165) is 48.3 Å². The second-order valence-electron chi connectivity index (χ2n) is 10.6. The number of rotatable bonds is 5. The molecular formula is C28H38N4O2. The van der Waals surface area contributed by atoms with Gasteiger partial charge < -0.3 is 19.8 Å². The Labute approximate surface area is 202 Å². The Kier molecular flexibility index (Phi) is 6.47. The highest BCUT2D eigenvalue weighted by atomic mass is 16.2. The number of nitrogens with one attached hydrogen (secondary N) is 2. The Hall–Kier alpha value is -2.86. The number of carbonyl (C=O) groups excluding carboxylic acids is 1. The lowest BCUT2D eigenvalue weighted by atomic mass is 9.87. The molecule has 3 heterocycles. The number of piperidine rings is 1. The maximum Gasteiger partial charge on any atom is 0.253 e. The molecule has 1 aliphatic heterocycles. The summed E-state index contributed by atoms with van der Waals surface area (Å²) in [5.41, 5.74) is 6.15. The quantitative estimate of drug-likeness (QED) is 0.579. The zero-order valence-corrected chi connectivity index (χ0v) is 21.6. The van der Waals surface area contributed by atoms with Gasteiger partial charge in [0.15, 0.2) is 0 Å². The molecular weight excluding hydrogens is 424 g/mol. The number of nitrogens with zero attached hydrogens (tertiary/aromatic N) is 2. The highest BCUT2D eigenvalue weighted by Gasteiger charge is 2.33. The normalized spacial score (nSPS) is 15.5. The molecule has 182 valence electrons. The number of aryl methyl sites for hydroxylation is 2. The van der Waals surface area contributed by atoms with Gasteiger partial charge in [-0.05, 0) is 81.8 Å². The number of amides is 1. The molecule has 1 aromatic carbocycles. The van der Waals surface area contributed by atoms with E-state index in [1.54, 1.807) is 4.57 Å². The Bertz CT molecular complexity index is 1250.